The Morgan fingerprint density at radius 3 is 2.95 bits per heavy atom. The lowest BCUT2D eigenvalue weighted by molar-refractivity contribution is 0.0606. The molecule has 0 aliphatic rings. The fourth-order valence-electron chi connectivity index (χ4n) is 2.01. The number of nitrogens with zero attached hydrogens (tertiary/aromatic N) is 1. The van der Waals surface area contributed by atoms with Crippen molar-refractivity contribution in [1.82, 2.24) is 4.98 Å². The van der Waals surface area contributed by atoms with Crippen LogP contribution in [0.4, 0.5) is 0 Å². The topological polar surface area (TPSA) is 48.4 Å². The quantitative estimate of drug-likeness (QED) is 0.667. The summed E-state index contributed by atoms with van der Waals surface area (Å²) in [4.78, 5) is 16.1. The Bertz CT molecular complexity index is 817. The van der Waals surface area contributed by atoms with Gasteiger partial charge in [-0.05, 0) is 24.3 Å². The van der Waals surface area contributed by atoms with Crippen molar-refractivity contribution >= 4 is 39.0 Å². The van der Waals surface area contributed by atoms with Crippen LogP contribution in [0, 0.1) is 0 Å². The van der Waals surface area contributed by atoms with E-state index in [0.717, 1.165) is 15.6 Å². The molecule has 4 nitrogen and oxygen atoms in total. The first-order valence-electron chi connectivity index (χ1n) is 6.51. The zero-order chi connectivity index (χ0) is 15.5. The van der Waals surface area contributed by atoms with Crippen LogP contribution >= 0.6 is 22.9 Å². The number of methoxy groups -OCH3 is 1. The molecule has 0 N–H and O–H groups in total. The molecule has 3 rings (SSSR count). The van der Waals surface area contributed by atoms with Crippen molar-refractivity contribution in [2.24, 2.45) is 0 Å². The van der Waals surface area contributed by atoms with Crippen molar-refractivity contribution in [3.63, 3.8) is 0 Å². The molecule has 0 aliphatic carbocycles. The summed E-state index contributed by atoms with van der Waals surface area (Å²) in [7, 11) is 1.34. The average molecular weight is 334 g/mol. The van der Waals surface area contributed by atoms with Crippen LogP contribution in [0.25, 0.3) is 10.1 Å². The Balaban J connectivity index is 1.86. The Hall–Kier alpha value is -2.11. The van der Waals surface area contributed by atoms with E-state index < -0.39 is 5.97 Å². The number of esters is 1. The highest BCUT2D eigenvalue weighted by Crippen LogP contribution is 2.37. The molecule has 0 atom stereocenters. The summed E-state index contributed by atoms with van der Waals surface area (Å²) in [5, 5.41) is 1.19. The van der Waals surface area contributed by atoms with E-state index >= 15 is 0 Å². The average Bonchev–Trinajstić information content (AvgIpc) is 2.90. The second-order valence-electron chi connectivity index (χ2n) is 4.54. The number of aromatic nitrogens is 1. The minimum atomic E-state index is -0.427. The van der Waals surface area contributed by atoms with Gasteiger partial charge in [0.25, 0.3) is 0 Å². The number of hydrogen-bond donors (Lipinski definition) is 0. The van der Waals surface area contributed by atoms with Crippen LogP contribution in [0.3, 0.4) is 0 Å². The second-order valence-corrected chi connectivity index (χ2v) is 5.97. The lowest BCUT2D eigenvalue weighted by Crippen LogP contribution is -1.98. The fourth-order valence-corrected chi connectivity index (χ4v) is 3.41. The summed E-state index contributed by atoms with van der Waals surface area (Å²) in [5.41, 5.74) is 0.981. The van der Waals surface area contributed by atoms with Gasteiger partial charge in [-0.3, -0.25) is 4.98 Å². The monoisotopic (exact) mass is 333 g/mol. The summed E-state index contributed by atoms with van der Waals surface area (Å²) in [5.74, 6) is 0.261. The Morgan fingerprint density at radius 1 is 1.36 bits per heavy atom. The molecule has 0 radical (unpaired) electrons. The van der Waals surface area contributed by atoms with Crippen molar-refractivity contribution in [3.05, 3.63) is 58.2 Å². The van der Waals surface area contributed by atoms with Gasteiger partial charge in [-0.2, -0.15) is 0 Å². The molecule has 3 aromatic rings. The number of carbonyl (C=O) groups is 1. The van der Waals surface area contributed by atoms with E-state index in [9.17, 15) is 4.79 Å². The number of carbonyl (C=O) groups excluding carboxylic acids is 1. The molecule has 0 saturated carbocycles. The van der Waals surface area contributed by atoms with E-state index in [2.05, 4.69) is 4.98 Å². The van der Waals surface area contributed by atoms with E-state index in [1.54, 1.807) is 12.4 Å². The van der Waals surface area contributed by atoms with Crippen LogP contribution in [0.1, 0.15) is 15.2 Å². The first-order valence-corrected chi connectivity index (χ1v) is 7.70. The molecular formula is C16H12ClNO3S. The first-order chi connectivity index (χ1) is 10.7. The summed E-state index contributed by atoms with van der Waals surface area (Å²) >= 11 is 7.57. The molecule has 0 amide bonds. The Morgan fingerprint density at radius 2 is 2.23 bits per heavy atom. The smallest absolute Gasteiger partial charge is 0.349 e. The van der Waals surface area contributed by atoms with Gasteiger partial charge in [0.15, 0.2) is 0 Å². The molecule has 0 bridgehead atoms. The number of ether oxygens (including phenoxy) is 2. The number of thiophene rings is 1. The lowest BCUT2D eigenvalue weighted by Gasteiger charge is -2.06. The number of rotatable bonds is 4. The van der Waals surface area contributed by atoms with Crippen LogP contribution in [0.2, 0.25) is 5.02 Å². The zero-order valence-electron chi connectivity index (χ0n) is 11.7. The highest BCUT2D eigenvalue weighted by molar-refractivity contribution is 7.21. The van der Waals surface area contributed by atoms with Crippen molar-refractivity contribution < 1.29 is 14.3 Å². The van der Waals surface area contributed by atoms with E-state index in [1.807, 2.05) is 30.3 Å². The Kier molecular flexibility index (Phi) is 4.27. The van der Waals surface area contributed by atoms with Crippen molar-refractivity contribution in [3.8, 4) is 5.75 Å². The molecule has 1 aromatic carbocycles. The number of hydrogen-bond acceptors (Lipinski definition) is 5. The molecule has 0 aliphatic heterocycles. The van der Waals surface area contributed by atoms with Gasteiger partial charge < -0.3 is 9.47 Å². The van der Waals surface area contributed by atoms with E-state index in [0.29, 0.717) is 22.3 Å². The maximum atomic E-state index is 11.7. The minimum Gasteiger partial charge on any atom is -0.489 e. The van der Waals surface area contributed by atoms with E-state index in [4.69, 9.17) is 21.1 Å². The molecule has 2 aromatic heterocycles. The number of benzene rings is 1. The molecular weight excluding hydrogens is 322 g/mol. The highest BCUT2D eigenvalue weighted by Gasteiger charge is 2.17. The molecule has 22 heavy (non-hydrogen) atoms. The molecule has 2 heterocycles. The standard InChI is InChI=1S/C16H12ClNO3S/c1-20-16(19)15-14(17)12-7-11(4-5-13(12)22-15)21-9-10-3-2-6-18-8-10/h2-8H,9H2,1H3. The van der Waals surface area contributed by atoms with Gasteiger partial charge >= 0.3 is 5.97 Å². The molecule has 0 fully saturated rings. The van der Waals surface area contributed by atoms with Gasteiger partial charge in [-0.25, -0.2) is 4.79 Å². The normalized spacial score (nSPS) is 10.6. The van der Waals surface area contributed by atoms with Crippen LogP contribution in [0.5, 0.6) is 5.75 Å². The molecule has 6 heteroatoms. The summed E-state index contributed by atoms with van der Waals surface area (Å²) < 4.78 is 11.4. The van der Waals surface area contributed by atoms with E-state index in [-0.39, 0.29) is 0 Å². The summed E-state index contributed by atoms with van der Waals surface area (Å²) in [6, 6.07) is 9.37. The van der Waals surface area contributed by atoms with Gasteiger partial charge in [-0.15, -0.1) is 11.3 Å². The molecule has 0 spiro atoms. The predicted octanol–water partition coefficient (Wildman–Crippen LogP) is 4.32. The van der Waals surface area contributed by atoms with Crippen molar-refractivity contribution in [1.29, 1.82) is 0 Å². The Labute approximate surface area is 136 Å². The van der Waals surface area contributed by atoms with Crippen molar-refractivity contribution in [2.75, 3.05) is 7.11 Å². The van der Waals surface area contributed by atoms with Crippen LogP contribution in [-0.4, -0.2) is 18.1 Å². The predicted molar refractivity (Wildman–Crippen MR) is 86.7 cm³/mol. The number of fused-ring (bicyclic) bond motifs is 1. The highest BCUT2D eigenvalue weighted by atomic mass is 35.5. The third kappa shape index (κ3) is 2.91. The van der Waals surface area contributed by atoms with Gasteiger partial charge in [0.1, 0.15) is 17.2 Å². The molecule has 112 valence electrons. The van der Waals surface area contributed by atoms with Crippen molar-refractivity contribution in [2.45, 2.75) is 6.61 Å². The van der Waals surface area contributed by atoms with Crippen LogP contribution in [0.15, 0.2) is 42.7 Å². The summed E-state index contributed by atoms with van der Waals surface area (Å²) in [6.45, 7) is 0.422. The van der Waals surface area contributed by atoms with Gasteiger partial charge in [-0.1, -0.05) is 17.7 Å². The second kappa shape index (κ2) is 6.34. The number of pyridine rings is 1. The van der Waals surface area contributed by atoms with Gasteiger partial charge in [0.05, 0.1) is 12.1 Å². The van der Waals surface area contributed by atoms with Crippen LogP contribution < -0.4 is 4.74 Å². The van der Waals surface area contributed by atoms with Gasteiger partial charge in [0.2, 0.25) is 0 Å². The first kappa shape index (κ1) is 14.8. The molecule has 0 unspecified atom stereocenters. The van der Waals surface area contributed by atoms with Gasteiger partial charge in [0, 0.05) is 28.0 Å². The molecule has 0 saturated heterocycles. The fraction of sp³-hybridized carbons (Fsp3) is 0.125. The maximum absolute atomic E-state index is 11.7. The van der Waals surface area contributed by atoms with Crippen LogP contribution in [-0.2, 0) is 11.3 Å². The minimum absolute atomic E-state index is 0.402. The largest absolute Gasteiger partial charge is 0.489 e. The maximum Gasteiger partial charge on any atom is 0.349 e. The zero-order valence-corrected chi connectivity index (χ0v) is 13.3. The number of halogens is 1. The third-order valence-electron chi connectivity index (χ3n) is 3.10. The van der Waals surface area contributed by atoms with E-state index in [1.165, 1.54) is 18.4 Å². The SMILES string of the molecule is COC(=O)c1sc2ccc(OCc3cccnc3)cc2c1Cl. The summed E-state index contributed by atoms with van der Waals surface area (Å²) in [6.07, 6.45) is 3.47. The lowest BCUT2D eigenvalue weighted by atomic mass is 10.2. The third-order valence-corrected chi connectivity index (χ3v) is 4.75.